The number of aryl methyl sites for hydroxylation is 2. The number of carbonyl (C=O) groups is 2. The molecule has 0 fully saturated rings. The first-order chi connectivity index (χ1) is 16.5. The smallest absolute Gasteiger partial charge is 0.416 e. The highest BCUT2D eigenvalue weighted by Gasteiger charge is 2.30. The van der Waals surface area contributed by atoms with E-state index in [0.717, 1.165) is 23.4 Å². The molecule has 0 bridgehead atoms. The summed E-state index contributed by atoms with van der Waals surface area (Å²) in [6.45, 7) is 5.40. The van der Waals surface area contributed by atoms with Crippen molar-refractivity contribution in [3.63, 3.8) is 0 Å². The number of hydrogen-bond donors (Lipinski definition) is 2. The molecule has 2 aromatic heterocycles. The van der Waals surface area contributed by atoms with Gasteiger partial charge in [0.2, 0.25) is 0 Å². The number of carboxylic acids is 1. The molecule has 0 aliphatic carbocycles. The summed E-state index contributed by atoms with van der Waals surface area (Å²) >= 11 is 0. The SMILES string of the molecule is Cc1nn2c(C)cn(Cc3cccc(C(F)(F)F)c3)c2c1C(=O)NC(C)c1ccc(C(=O)O)cc1. The fraction of sp³-hybridized carbons (Fsp3) is 0.240. The maximum Gasteiger partial charge on any atom is 0.416 e. The van der Waals surface area contributed by atoms with Crippen LogP contribution in [0.25, 0.3) is 5.65 Å². The zero-order chi connectivity index (χ0) is 25.5. The Morgan fingerprint density at radius 1 is 1.11 bits per heavy atom. The Kier molecular flexibility index (Phi) is 6.14. The first kappa shape index (κ1) is 24.1. The molecule has 10 heteroatoms. The van der Waals surface area contributed by atoms with Gasteiger partial charge < -0.3 is 15.0 Å². The van der Waals surface area contributed by atoms with Gasteiger partial charge in [-0.2, -0.15) is 18.3 Å². The number of amides is 1. The molecule has 7 nitrogen and oxygen atoms in total. The van der Waals surface area contributed by atoms with Crippen molar-refractivity contribution in [3.05, 3.63) is 93.9 Å². The number of benzene rings is 2. The minimum Gasteiger partial charge on any atom is -0.478 e. The van der Waals surface area contributed by atoms with Crippen LogP contribution in [0.2, 0.25) is 0 Å². The second-order valence-corrected chi connectivity index (χ2v) is 8.41. The number of hydrogen-bond acceptors (Lipinski definition) is 3. The highest BCUT2D eigenvalue weighted by molar-refractivity contribution is 6.01. The van der Waals surface area contributed by atoms with Gasteiger partial charge in [0, 0.05) is 12.7 Å². The molecule has 0 saturated heterocycles. The van der Waals surface area contributed by atoms with E-state index >= 15 is 0 Å². The fourth-order valence-corrected chi connectivity index (χ4v) is 4.06. The average molecular weight is 484 g/mol. The lowest BCUT2D eigenvalue weighted by molar-refractivity contribution is -0.137. The van der Waals surface area contributed by atoms with Crippen molar-refractivity contribution in [3.8, 4) is 0 Å². The zero-order valence-electron chi connectivity index (χ0n) is 19.2. The van der Waals surface area contributed by atoms with Gasteiger partial charge in [0.25, 0.3) is 5.91 Å². The highest BCUT2D eigenvalue weighted by Crippen LogP contribution is 2.30. The monoisotopic (exact) mass is 484 g/mol. The van der Waals surface area contributed by atoms with E-state index in [-0.39, 0.29) is 12.1 Å². The molecule has 0 aliphatic heterocycles. The third-order valence-electron chi connectivity index (χ3n) is 5.82. The number of halogens is 3. The van der Waals surface area contributed by atoms with Crippen LogP contribution in [-0.2, 0) is 12.7 Å². The van der Waals surface area contributed by atoms with Crippen molar-refractivity contribution in [2.24, 2.45) is 0 Å². The Hall–Kier alpha value is -4.08. The van der Waals surface area contributed by atoms with Gasteiger partial charge in [-0.15, -0.1) is 0 Å². The lowest BCUT2D eigenvalue weighted by Crippen LogP contribution is -2.27. The number of carboxylic acid groups (broad SMARTS) is 1. The number of rotatable bonds is 6. The fourth-order valence-electron chi connectivity index (χ4n) is 4.06. The van der Waals surface area contributed by atoms with Crippen molar-refractivity contribution in [2.45, 2.75) is 39.5 Å². The Morgan fingerprint density at radius 3 is 2.43 bits per heavy atom. The summed E-state index contributed by atoms with van der Waals surface area (Å²) < 4.78 is 42.8. The molecule has 2 aromatic carbocycles. The van der Waals surface area contributed by atoms with Gasteiger partial charge >= 0.3 is 12.1 Å². The molecule has 1 unspecified atom stereocenters. The molecule has 0 aliphatic rings. The third-order valence-corrected chi connectivity index (χ3v) is 5.82. The highest BCUT2D eigenvalue weighted by atomic mass is 19.4. The summed E-state index contributed by atoms with van der Waals surface area (Å²) in [5.74, 6) is -1.43. The van der Waals surface area contributed by atoms with E-state index in [2.05, 4.69) is 10.4 Å². The summed E-state index contributed by atoms with van der Waals surface area (Å²) in [6.07, 6.45) is -2.71. The first-order valence-corrected chi connectivity index (χ1v) is 10.8. The standard InChI is InChI=1S/C25H23F3N4O3/c1-14-12-31(13-17-5-4-6-20(11-17)25(26,27)28)23-21(16(3)30-32(14)23)22(33)29-15(2)18-7-9-19(10-8-18)24(34)35/h4-12,15H,13H2,1-3H3,(H,29,33)(H,34,35). The number of aromatic carboxylic acids is 1. The lowest BCUT2D eigenvalue weighted by Gasteiger charge is -2.15. The predicted molar refractivity (Wildman–Crippen MR) is 122 cm³/mol. The van der Waals surface area contributed by atoms with Crippen LogP contribution in [0.3, 0.4) is 0 Å². The molecule has 1 atom stereocenters. The topological polar surface area (TPSA) is 88.6 Å². The molecule has 0 saturated carbocycles. The number of carbonyl (C=O) groups excluding carboxylic acids is 1. The van der Waals surface area contributed by atoms with Crippen molar-refractivity contribution < 1.29 is 27.9 Å². The van der Waals surface area contributed by atoms with E-state index in [9.17, 15) is 22.8 Å². The first-order valence-electron chi connectivity index (χ1n) is 10.8. The number of nitrogens with one attached hydrogen (secondary N) is 1. The largest absolute Gasteiger partial charge is 0.478 e. The van der Waals surface area contributed by atoms with E-state index in [4.69, 9.17) is 5.11 Å². The van der Waals surface area contributed by atoms with Crippen LogP contribution in [0.5, 0.6) is 0 Å². The molecule has 2 heterocycles. The van der Waals surface area contributed by atoms with Crippen molar-refractivity contribution in [2.75, 3.05) is 0 Å². The normalized spacial score (nSPS) is 12.6. The third kappa shape index (κ3) is 4.77. The van der Waals surface area contributed by atoms with Crippen LogP contribution in [0.15, 0.2) is 54.7 Å². The number of aromatic nitrogens is 3. The summed E-state index contributed by atoms with van der Waals surface area (Å²) in [5, 5.41) is 16.4. The van der Waals surface area contributed by atoms with Gasteiger partial charge in [0.05, 0.1) is 28.6 Å². The molecule has 0 radical (unpaired) electrons. The number of fused-ring (bicyclic) bond motifs is 1. The average Bonchev–Trinajstić information content (AvgIpc) is 3.29. The maximum absolute atomic E-state index is 13.3. The summed E-state index contributed by atoms with van der Waals surface area (Å²) in [7, 11) is 0. The molecule has 2 N–H and O–H groups in total. The van der Waals surface area contributed by atoms with Crippen LogP contribution in [0, 0.1) is 13.8 Å². The predicted octanol–water partition coefficient (Wildman–Crippen LogP) is 5.01. The zero-order valence-corrected chi connectivity index (χ0v) is 19.2. The van der Waals surface area contributed by atoms with Crippen molar-refractivity contribution in [1.82, 2.24) is 19.5 Å². The minimum atomic E-state index is -4.45. The lowest BCUT2D eigenvalue weighted by atomic mass is 10.1. The quantitative estimate of drug-likeness (QED) is 0.403. The molecule has 4 aromatic rings. The second-order valence-electron chi connectivity index (χ2n) is 8.41. The maximum atomic E-state index is 13.3. The van der Waals surface area contributed by atoms with Gasteiger partial charge in [0.1, 0.15) is 11.2 Å². The van der Waals surface area contributed by atoms with Gasteiger partial charge in [0.15, 0.2) is 0 Å². The molecule has 0 spiro atoms. The summed E-state index contributed by atoms with van der Waals surface area (Å²) in [5.41, 5.74) is 2.57. The molecule has 182 valence electrons. The van der Waals surface area contributed by atoms with E-state index < -0.39 is 29.7 Å². The van der Waals surface area contributed by atoms with E-state index in [1.165, 1.54) is 18.2 Å². The van der Waals surface area contributed by atoms with Gasteiger partial charge in [-0.1, -0.05) is 24.3 Å². The van der Waals surface area contributed by atoms with Crippen LogP contribution in [0.1, 0.15) is 61.8 Å². The second kappa shape index (κ2) is 8.94. The van der Waals surface area contributed by atoms with Crippen LogP contribution in [0.4, 0.5) is 13.2 Å². The van der Waals surface area contributed by atoms with E-state index in [1.54, 1.807) is 54.2 Å². The van der Waals surface area contributed by atoms with Crippen molar-refractivity contribution >= 4 is 17.5 Å². The molecule has 35 heavy (non-hydrogen) atoms. The summed E-state index contributed by atoms with van der Waals surface area (Å²) in [6, 6.07) is 10.9. The molecule has 1 amide bonds. The van der Waals surface area contributed by atoms with Gasteiger partial charge in [-0.25, -0.2) is 9.31 Å². The minimum absolute atomic E-state index is 0.124. The Morgan fingerprint density at radius 2 is 1.80 bits per heavy atom. The molecular weight excluding hydrogens is 461 g/mol. The van der Waals surface area contributed by atoms with Gasteiger partial charge in [-0.05, 0) is 56.2 Å². The van der Waals surface area contributed by atoms with E-state index in [1.807, 2.05) is 0 Å². The number of alkyl halides is 3. The Labute approximate surface area is 198 Å². The van der Waals surface area contributed by atoms with Crippen LogP contribution < -0.4 is 5.32 Å². The molecular formula is C25H23F3N4O3. The van der Waals surface area contributed by atoms with Crippen LogP contribution >= 0.6 is 0 Å². The Bertz CT molecular complexity index is 1420. The molecule has 4 rings (SSSR count). The summed E-state index contributed by atoms with van der Waals surface area (Å²) in [4.78, 5) is 24.4. The van der Waals surface area contributed by atoms with Crippen LogP contribution in [-0.4, -0.2) is 31.2 Å². The number of nitrogens with zero attached hydrogens (tertiary/aromatic N) is 3. The Balaban J connectivity index is 1.65. The van der Waals surface area contributed by atoms with E-state index in [0.29, 0.717) is 22.5 Å². The van der Waals surface area contributed by atoms with Crippen molar-refractivity contribution in [1.29, 1.82) is 0 Å². The number of imidazole rings is 1. The van der Waals surface area contributed by atoms with Gasteiger partial charge in [-0.3, -0.25) is 4.79 Å².